The number of carbonyl (C=O) groups is 1. The van der Waals surface area contributed by atoms with Crippen LogP contribution < -0.4 is 20.9 Å². The molecule has 1 aliphatic carbocycles. The van der Waals surface area contributed by atoms with Crippen LogP contribution in [0.4, 0.5) is 22.2 Å². The first kappa shape index (κ1) is 34.2. The van der Waals surface area contributed by atoms with Gasteiger partial charge in [0.15, 0.2) is 17.0 Å². The van der Waals surface area contributed by atoms with Crippen LogP contribution in [0.1, 0.15) is 54.5 Å². The van der Waals surface area contributed by atoms with E-state index < -0.39 is 24.3 Å². The lowest BCUT2D eigenvalue weighted by molar-refractivity contribution is 0.00721. The van der Waals surface area contributed by atoms with Gasteiger partial charge in [-0.1, -0.05) is 67.6 Å². The normalized spacial score (nSPS) is 21.4. The molecule has 53 heavy (non-hydrogen) atoms. The predicted octanol–water partition coefficient (Wildman–Crippen LogP) is 4.53. The maximum Gasteiger partial charge on any atom is 0.319 e. The fourth-order valence-electron chi connectivity index (χ4n) is 7.52. The van der Waals surface area contributed by atoms with Gasteiger partial charge in [-0.3, -0.25) is 9.67 Å². The number of aromatic nitrogens is 7. The monoisotopic (exact) mass is 713 g/mol. The molecule has 1 saturated heterocycles. The van der Waals surface area contributed by atoms with Gasteiger partial charge in [0.1, 0.15) is 12.2 Å². The fourth-order valence-corrected chi connectivity index (χ4v) is 7.52. The SMILES string of the molecule is CCc1cnn([C@H]2C[C@@H](n3cnc4c(NCC(c5ccccc5)c5ccccc5)nc(N5CC[C@@H](NC(=O)Nc6ccncc6)C5)nc43)[C@H](O)[C@@H]2O)c1. The third kappa shape index (κ3) is 7.15. The molecule has 272 valence electrons. The van der Waals surface area contributed by atoms with Crippen molar-refractivity contribution in [1.29, 1.82) is 0 Å². The van der Waals surface area contributed by atoms with Gasteiger partial charge in [-0.2, -0.15) is 15.1 Å². The van der Waals surface area contributed by atoms with E-state index in [0.29, 0.717) is 61.1 Å². The van der Waals surface area contributed by atoms with E-state index in [1.807, 2.05) is 47.2 Å². The standard InChI is InChI=1S/C39H43N11O3/c1-2-25-20-43-50(22-25)32-19-31(34(51)35(32)52)49-24-42-33-36(41-21-30(26-9-5-3-6-10-26)27-11-7-4-8-12-27)46-38(47-37(33)49)48-18-15-29(23-48)45-39(53)44-28-13-16-40-17-14-28/h3-14,16-17,20,22,24,29-32,34-35,51-52H,2,15,18-19,21,23H2,1H3,(H,41,46,47)(H2,40,44,45,53)/t29-,31-,32+,34+,35-/m1/s1. The Morgan fingerprint density at radius 3 is 2.36 bits per heavy atom. The Kier molecular flexibility index (Phi) is 9.70. The smallest absolute Gasteiger partial charge is 0.319 e. The zero-order chi connectivity index (χ0) is 36.3. The number of imidazole rings is 1. The summed E-state index contributed by atoms with van der Waals surface area (Å²) in [6.45, 7) is 3.73. The van der Waals surface area contributed by atoms with Crippen molar-refractivity contribution in [3.63, 3.8) is 0 Å². The summed E-state index contributed by atoms with van der Waals surface area (Å²) in [5.74, 6) is 1.08. The average Bonchev–Trinajstić information content (AvgIpc) is 4.00. The van der Waals surface area contributed by atoms with Crippen molar-refractivity contribution in [3.05, 3.63) is 121 Å². The molecule has 14 heteroatoms. The van der Waals surface area contributed by atoms with Crippen LogP contribution in [0.5, 0.6) is 0 Å². The number of aliphatic hydroxyl groups excluding tert-OH is 2. The highest BCUT2D eigenvalue weighted by Crippen LogP contribution is 2.40. The predicted molar refractivity (Wildman–Crippen MR) is 202 cm³/mol. The van der Waals surface area contributed by atoms with Gasteiger partial charge < -0.3 is 35.6 Å². The molecule has 0 radical (unpaired) electrons. The average molecular weight is 714 g/mol. The molecule has 1 saturated carbocycles. The van der Waals surface area contributed by atoms with Crippen LogP contribution in [-0.2, 0) is 6.42 Å². The van der Waals surface area contributed by atoms with E-state index in [-0.39, 0.29) is 18.0 Å². The van der Waals surface area contributed by atoms with Gasteiger partial charge in [-0.15, -0.1) is 0 Å². The molecule has 14 nitrogen and oxygen atoms in total. The Labute approximate surface area is 307 Å². The van der Waals surface area contributed by atoms with Crippen LogP contribution in [0, 0.1) is 0 Å². The zero-order valence-corrected chi connectivity index (χ0v) is 29.4. The van der Waals surface area contributed by atoms with Crippen molar-refractivity contribution >= 4 is 34.6 Å². The lowest BCUT2D eigenvalue weighted by atomic mass is 9.91. The highest BCUT2D eigenvalue weighted by Gasteiger charge is 2.44. The maximum atomic E-state index is 12.8. The number of hydrogen-bond acceptors (Lipinski definition) is 10. The first-order chi connectivity index (χ1) is 25.9. The number of aryl methyl sites for hydroxylation is 1. The molecule has 5 N–H and O–H groups in total. The van der Waals surface area contributed by atoms with Gasteiger partial charge in [-0.25, -0.2) is 9.78 Å². The number of hydrogen-bond donors (Lipinski definition) is 5. The van der Waals surface area contributed by atoms with Crippen molar-refractivity contribution in [1.82, 2.24) is 39.6 Å². The molecule has 1 aliphatic heterocycles. The lowest BCUT2D eigenvalue weighted by Crippen LogP contribution is -2.40. The van der Waals surface area contributed by atoms with Gasteiger partial charge in [-0.05, 0) is 48.1 Å². The van der Waals surface area contributed by atoms with Crippen LogP contribution in [0.3, 0.4) is 0 Å². The quantitative estimate of drug-likeness (QED) is 0.129. The Hall–Kier alpha value is -5.86. The molecule has 2 fully saturated rings. The highest BCUT2D eigenvalue weighted by atomic mass is 16.3. The van der Waals surface area contributed by atoms with Gasteiger partial charge in [0, 0.05) is 55.9 Å². The number of carbonyl (C=O) groups excluding carboxylic acids is 1. The summed E-state index contributed by atoms with van der Waals surface area (Å²) in [5.41, 5.74) is 5.17. The molecular weight excluding hydrogens is 671 g/mol. The minimum atomic E-state index is -1.07. The van der Waals surface area contributed by atoms with Crippen LogP contribution in [0.15, 0.2) is 104 Å². The Morgan fingerprint density at radius 2 is 1.66 bits per heavy atom. The van der Waals surface area contributed by atoms with Crippen molar-refractivity contribution in [2.24, 2.45) is 0 Å². The molecule has 8 rings (SSSR count). The molecule has 0 bridgehead atoms. The summed E-state index contributed by atoms with van der Waals surface area (Å²) in [5, 5.41) is 36.7. The third-order valence-electron chi connectivity index (χ3n) is 10.4. The van der Waals surface area contributed by atoms with E-state index in [9.17, 15) is 15.0 Å². The summed E-state index contributed by atoms with van der Waals surface area (Å²) < 4.78 is 3.62. The van der Waals surface area contributed by atoms with Crippen molar-refractivity contribution in [3.8, 4) is 0 Å². The third-order valence-corrected chi connectivity index (χ3v) is 10.4. The van der Waals surface area contributed by atoms with E-state index >= 15 is 0 Å². The van der Waals surface area contributed by atoms with E-state index in [0.717, 1.165) is 12.0 Å². The summed E-state index contributed by atoms with van der Waals surface area (Å²) >= 11 is 0. The molecule has 0 spiro atoms. The number of aliphatic hydroxyl groups is 2. The van der Waals surface area contributed by atoms with Crippen LogP contribution in [0.25, 0.3) is 11.2 Å². The first-order valence-electron chi connectivity index (χ1n) is 18.1. The van der Waals surface area contributed by atoms with Crippen LogP contribution >= 0.6 is 0 Å². The molecule has 4 aromatic heterocycles. The van der Waals surface area contributed by atoms with Gasteiger partial charge >= 0.3 is 6.03 Å². The first-order valence-corrected chi connectivity index (χ1v) is 18.1. The minimum Gasteiger partial charge on any atom is -0.388 e. The number of nitrogens with zero attached hydrogens (tertiary/aromatic N) is 8. The Bertz CT molecular complexity index is 2100. The van der Waals surface area contributed by atoms with Gasteiger partial charge in [0.25, 0.3) is 0 Å². The topological polar surface area (TPSA) is 171 Å². The molecule has 2 amide bonds. The van der Waals surface area contributed by atoms with E-state index in [4.69, 9.17) is 15.0 Å². The van der Waals surface area contributed by atoms with Crippen LogP contribution in [-0.4, -0.2) is 88.4 Å². The largest absolute Gasteiger partial charge is 0.388 e. The minimum absolute atomic E-state index is 0.0295. The number of benzene rings is 2. The Morgan fingerprint density at radius 1 is 0.943 bits per heavy atom. The highest BCUT2D eigenvalue weighted by molar-refractivity contribution is 5.89. The zero-order valence-electron chi connectivity index (χ0n) is 29.4. The second kappa shape index (κ2) is 15.0. The fraction of sp³-hybridized carbons (Fsp3) is 0.333. The number of pyridine rings is 1. The Balaban J connectivity index is 1.10. The number of urea groups is 1. The summed E-state index contributed by atoms with van der Waals surface area (Å²) in [6, 6.07) is 22.9. The van der Waals surface area contributed by atoms with Crippen molar-refractivity contribution in [2.45, 2.75) is 62.4 Å². The van der Waals surface area contributed by atoms with E-state index in [2.05, 4.69) is 62.1 Å². The van der Waals surface area contributed by atoms with Crippen molar-refractivity contribution in [2.75, 3.05) is 35.2 Å². The number of anilines is 3. The second-order valence-electron chi connectivity index (χ2n) is 13.8. The lowest BCUT2D eigenvalue weighted by Gasteiger charge is -2.22. The number of rotatable bonds is 11. The summed E-state index contributed by atoms with van der Waals surface area (Å²) in [6.07, 6.45) is 8.55. The van der Waals surface area contributed by atoms with E-state index in [1.54, 1.807) is 41.7 Å². The molecule has 6 aromatic rings. The maximum absolute atomic E-state index is 12.8. The second-order valence-corrected chi connectivity index (χ2v) is 13.8. The van der Waals surface area contributed by atoms with E-state index in [1.165, 1.54) is 11.1 Å². The van der Waals surface area contributed by atoms with Crippen LogP contribution in [0.2, 0.25) is 0 Å². The molecule has 5 atom stereocenters. The molecule has 2 aliphatic rings. The van der Waals surface area contributed by atoms with Crippen molar-refractivity contribution < 1.29 is 15.0 Å². The van der Waals surface area contributed by atoms with Gasteiger partial charge in [0.05, 0.1) is 24.6 Å². The number of fused-ring (bicyclic) bond motifs is 1. The summed E-state index contributed by atoms with van der Waals surface area (Å²) in [7, 11) is 0. The number of nitrogens with one attached hydrogen (secondary N) is 3. The van der Waals surface area contributed by atoms with Gasteiger partial charge in [0.2, 0.25) is 5.95 Å². The molecular formula is C39H43N11O3. The number of amides is 2. The summed E-state index contributed by atoms with van der Waals surface area (Å²) in [4.78, 5) is 33.8. The molecule has 5 heterocycles. The molecule has 2 aromatic carbocycles. The molecule has 0 unspecified atom stereocenters.